The highest BCUT2D eigenvalue weighted by molar-refractivity contribution is 7.99. The summed E-state index contributed by atoms with van der Waals surface area (Å²) in [7, 11) is 0. The molecule has 2 N–H and O–H groups in total. The molecule has 2 aromatic carbocycles. The molecule has 8 nitrogen and oxygen atoms in total. The van der Waals surface area contributed by atoms with E-state index in [1.54, 1.807) is 0 Å². The van der Waals surface area contributed by atoms with Crippen molar-refractivity contribution >= 4 is 40.3 Å². The lowest BCUT2D eigenvalue weighted by Gasteiger charge is -2.34. The molecule has 0 saturated carbocycles. The van der Waals surface area contributed by atoms with Crippen LogP contribution in [0.1, 0.15) is 19.4 Å². The summed E-state index contributed by atoms with van der Waals surface area (Å²) >= 11 is 1.41. The summed E-state index contributed by atoms with van der Waals surface area (Å²) < 4.78 is 5.53. The van der Waals surface area contributed by atoms with Crippen LogP contribution in [0, 0.1) is 0 Å². The zero-order valence-electron chi connectivity index (χ0n) is 19.7. The summed E-state index contributed by atoms with van der Waals surface area (Å²) in [5.41, 5.74) is 3.75. The number of H-pyrrole nitrogens is 1. The predicted molar refractivity (Wildman–Crippen MR) is 135 cm³/mol. The normalized spacial score (nSPS) is 14.4. The average Bonchev–Trinajstić information content (AvgIpc) is 3.26. The van der Waals surface area contributed by atoms with Gasteiger partial charge in [-0.25, -0.2) is 4.98 Å². The first-order valence-electron chi connectivity index (χ1n) is 11.7. The van der Waals surface area contributed by atoms with Crippen molar-refractivity contribution in [3.8, 4) is 5.75 Å². The number of benzene rings is 2. The maximum absolute atomic E-state index is 12.7. The number of aryl methyl sites for hydroxylation is 1. The SMILES string of the molecule is CCOc1ccc2nc(SCC(=O)N3CCN(CC(=O)Nc4ccccc4CC)CC3)[nH]c2c1. The number of anilines is 1. The molecule has 180 valence electrons. The molecule has 1 aromatic heterocycles. The van der Waals surface area contributed by atoms with Gasteiger partial charge in [0.05, 0.1) is 29.9 Å². The minimum atomic E-state index is -0.0198. The van der Waals surface area contributed by atoms with Crippen LogP contribution < -0.4 is 10.1 Å². The minimum Gasteiger partial charge on any atom is -0.494 e. The van der Waals surface area contributed by atoms with Gasteiger partial charge in [0, 0.05) is 37.9 Å². The third-order valence-electron chi connectivity index (χ3n) is 5.84. The van der Waals surface area contributed by atoms with Crippen LogP contribution in [0.25, 0.3) is 11.0 Å². The van der Waals surface area contributed by atoms with E-state index in [-0.39, 0.29) is 11.8 Å². The van der Waals surface area contributed by atoms with Crippen LogP contribution in [-0.4, -0.2) is 76.7 Å². The summed E-state index contributed by atoms with van der Waals surface area (Å²) in [6, 6.07) is 13.6. The van der Waals surface area contributed by atoms with Crippen molar-refractivity contribution in [1.82, 2.24) is 19.8 Å². The van der Waals surface area contributed by atoms with Crippen LogP contribution in [0.15, 0.2) is 47.6 Å². The number of piperazine rings is 1. The number of aromatic amines is 1. The Balaban J connectivity index is 1.22. The molecule has 1 aliphatic heterocycles. The molecular weight excluding hydrogens is 450 g/mol. The largest absolute Gasteiger partial charge is 0.494 e. The molecule has 1 fully saturated rings. The Morgan fingerprint density at radius 1 is 1.12 bits per heavy atom. The Bertz CT molecular complexity index is 1140. The lowest BCUT2D eigenvalue weighted by Crippen LogP contribution is -2.50. The average molecular weight is 482 g/mol. The van der Waals surface area contributed by atoms with Gasteiger partial charge in [-0.15, -0.1) is 0 Å². The van der Waals surface area contributed by atoms with Gasteiger partial charge < -0.3 is 19.9 Å². The second kappa shape index (κ2) is 11.4. The maximum Gasteiger partial charge on any atom is 0.238 e. The quantitative estimate of drug-likeness (QED) is 0.455. The molecule has 1 aliphatic rings. The number of para-hydroxylation sites is 1. The summed E-state index contributed by atoms with van der Waals surface area (Å²) in [6.07, 6.45) is 0.873. The number of nitrogens with zero attached hydrogens (tertiary/aromatic N) is 3. The first kappa shape index (κ1) is 24.1. The second-order valence-electron chi connectivity index (χ2n) is 8.16. The summed E-state index contributed by atoms with van der Waals surface area (Å²) in [5.74, 6) is 1.19. The Morgan fingerprint density at radius 3 is 2.68 bits per heavy atom. The number of thioether (sulfide) groups is 1. The van der Waals surface area contributed by atoms with Crippen LogP contribution in [-0.2, 0) is 16.0 Å². The van der Waals surface area contributed by atoms with Crippen molar-refractivity contribution in [2.75, 3.05) is 50.4 Å². The van der Waals surface area contributed by atoms with Crippen LogP contribution in [0.4, 0.5) is 5.69 Å². The van der Waals surface area contributed by atoms with E-state index >= 15 is 0 Å². The van der Waals surface area contributed by atoms with Crippen molar-refractivity contribution in [3.63, 3.8) is 0 Å². The number of nitrogens with one attached hydrogen (secondary N) is 2. The molecule has 0 radical (unpaired) electrons. The predicted octanol–water partition coefficient (Wildman–Crippen LogP) is 3.40. The van der Waals surface area contributed by atoms with Gasteiger partial charge in [-0.1, -0.05) is 36.9 Å². The minimum absolute atomic E-state index is 0.0198. The van der Waals surface area contributed by atoms with E-state index in [1.807, 2.05) is 54.3 Å². The number of ether oxygens (including phenoxy) is 1. The molecule has 3 aromatic rings. The number of fused-ring (bicyclic) bond motifs is 1. The Morgan fingerprint density at radius 2 is 1.91 bits per heavy atom. The van der Waals surface area contributed by atoms with Gasteiger partial charge in [-0.2, -0.15) is 0 Å². The molecular formula is C25H31N5O3S. The van der Waals surface area contributed by atoms with E-state index in [0.717, 1.165) is 39.6 Å². The van der Waals surface area contributed by atoms with Crippen molar-refractivity contribution in [3.05, 3.63) is 48.0 Å². The van der Waals surface area contributed by atoms with E-state index in [4.69, 9.17) is 4.74 Å². The Hall–Kier alpha value is -3.04. The molecule has 0 atom stereocenters. The molecule has 9 heteroatoms. The van der Waals surface area contributed by atoms with Crippen molar-refractivity contribution in [2.24, 2.45) is 0 Å². The molecule has 1 saturated heterocycles. The number of rotatable bonds is 9. The van der Waals surface area contributed by atoms with Gasteiger partial charge in [-0.3, -0.25) is 14.5 Å². The lowest BCUT2D eigenvalue weighted by atomic mass is 10.1. The summed E-state index contributed by atoms with van der Waals surface area (Å²) in [4.78, 5) is 37.0. The lowest BCUT2D eigenvalue weighted by molar-refractivity contribution is -0.130. The monoisotopic (exact) mass is 481 g/mol. The number of aromatic nitrogens is 2. The standard InChI is InChI=1S/C25H31N5O3S/c1-3-18-7-5-6-8-20(18)26-23(31)16-29-11-13-30(14-12-29)24(32)17-34-25-27-21-10-9-19(33-4-2)15-22(21)28-25/h5-10,15H,3-4,11-14,16-17H2,1-2H3,(H,26,31)(H,27,28). The van der Waals surface area contributed by atoms with Crippen LogP contribution in [0.2, 0.25) is 0 Å². The number of amides is 2. The molecule has 2 heterocycles. The smallest absolute Gasteiger partial charge is 0.238 e. The maximum atomic E-state index is 12.7. The first-order chi connectivity index (χ1) is 16.6. The summed E-state index contributed by atoms with van der Waals surface area (Å²) in [6.45, 7) is 7.58. The second-order valence-corrected chi connectivity index (χ2v) is 9.12. The fourth-order valence-corrected chi connectivity index (χ4v) is 4.80. The third-order valence-corrected chi connectivity index (χ3v) is 6.70. The van der Waals surface area contributed by atoms with Crippen LogP contribution >= 0.6 is 11.8 Å². The van der Waals surface area contributed by atoms with Gasteiger partial charge in [0.2, 0.25) is 11.8 Å². The molecule has 2 amide bonds. The van der Waals surface area contributed by atoms with Crippen molar-refractivity contribution < 1.29 is 14.3 Å². The van der Waals surface area contributed by atoms with E-state index in [9.17, 15) is 9.59 Å². The third kappa shape index (κ3) is 6.09. The number of hydrogen-bond donors (Lipinski definition) is 2. The summed E-state index contributed by atoms with van der Waals surface area (Å²) in [5, 5.41) is 3.74. The molecule has 0 bridgehead atoms. The van der Waals surface area contributed by atoms with Gasteiger partial charge in [-0.05, 0) is 37.1 Å². The molecule has 0 unspecified atom stereocenters. The molecule has 4 rings (SSSR count). The Kier molecular flexibility index (Phi) is 8.08. The van der Waals surface area contributed by atoms with Crippen molar-refractivity contribution in [1.29, 1.82) is 0 Å². The van der Waals surface area contributed by atoms with Crippen LogP contribution in [0.3, 0.4) is 0 Å². The van der Waals surface area contributed by atoms with Crippen molar-refractivity contribution in [2.45, 2.75) is 25.4 Å². The number of imidazole rings is 1. The Labute approximate surface area is 204 Å². The molecule has 34 heavy (non-hydrogen) atoms. The zero-order valence-corrected chi connectivity index (χ0v) is 20.5. The van der Waals surface area contributed by atoms with Gasteiger partial charge >= 0.3 is 0 Å². The highest BCUT2D eigenvalue weighted by atomic mass is 32.2. The van der Waals surface area contributed by atoms with E-state index in [1.165, 1.54) is 11.8 Å². The van der Waals surface area contributed by atoms with Gasteiger partial charge in [0.15, 0.2) is 5.16 Å². The van der Waals surface area contributed by atoms with Gasteiger partial charge in [0.25, 0.3) is 0 Å². The fraction of sp³-hybridized carbons (Fsp3) is 0.400. The van der Waals surface area contributed by atoms with Crippen LogP contribution in [0.5, 0.6) is 5.75 Å². The van der Waals surface area contributed by atoms with E-state index in [0.29, 0.717) is 45.1 Å². The topological polar surface area (TPSA) is 90.6 Å². The van der Waals surface area contributed by atoms with Gasteiger partial charge in [0.1, 0.15) is 5.75 Å². The molecule has 0 aliphatic carbocycles. The number of carbonyl (C=O) groups excluding carboxylic acids is 2. The molecule has 0 spiro atoms. The van der Waals surface area contributed by atoms with E-state index < -0.39 is 0 Å². The highest BCUT2D eigenvalue weighted by Gasteiger charge is 2.23. The van der Waals surface area contributed by atoms with E-state index in [2.05, 4.69) is 27.1 Å². The highest BCUT2D eigenvalue weighted by Crippen LogP contribution is 2.23. The fourth-order valence-electron chi connectivity index (χ4n) is 4.01. The number of carbonyl (C=O) groups is 2. The number of hydrogen-bond acceptors (Lipinski definition) is 6. The zero-order chi connectivity index (χ0) is 23.9. The first-order valence-corrected chi connectivity index (χ1v) is 12.7.